The minimum absolute atomic E-state index is 0.150. The molecule has 1 aromatic heterocycles. The fourth-order valence-corrected chi connectivity index (χ4v) is 6.40. The number of sulfonamides is 1. The van der Waals surface area contributed by atoms with Crippen molar-refractivity contribution in [1.82, 2.24) is 4.90 Å². The van der Waals surface area contributed by atoms with Gasteiger partial charge in [0.2, 0.25) is 10.0 Å². The van der Waals surface area contributed by atoms with Gasteiger partial charge in [-0.3, -0.25) is 0 Å². The van der Waals surface area contributed by atoms with E-state index < -0.39 is 10.0 Å². The van der Waals surface area contributed by atoms with Gasteiger partial charge < -0.3 is 4.90 Å². The quantitative estimate of drug-likeness (QED) is 0.924. The summed E-state index contributed by atoms with van der Waals surface area (Å²) in [6, 6.07) is 1.73. The highest BCUT2D eigenvalue weighted by molar-refractivity contribution is 8.03. The summed E-state index contributed by atoms with van der Waals surface area (Å²) >= 11 is 3.08. The van der Waals surface area contributed by atoms with Crippen LogP contribution in [-0.2, 0) is 16.4 Å². The number of rotatable bonds is 3. The summed E-state index contributed by atoms with van der Waals surface area (Å²) in [5.74, 6) is 0. The third-order valence-corrected chi connectivity index (χ3v) is 7.11. The Hall–Kier alpha value is -0.0800. The lowest BCUT2D eigenvalue weighted by Crippen LogP contribution is -2.36. The van der Waals surface area contributed by atoms with E-state index in [1.54, 1.807) is 17.8 Å². The second-order valence-electron chi connectivity index (χ2n) is 5.21. The van der Waals surface area contributed by atoms with E-state index in [1.807, 2.05) is 0 Å². The lowest BCUT2D eigenvalue weighted by Gasteiger charge is -2.34. The molecule has 1 atom stereocenters. The Morgan fingerprint density at radius 2 is 2.17 bits per heavy atom. The number of thiophene rings is 1. The van der Waals surface area contributed by atoms with Crippen molar-refractivity contribution >= 4 is 33.1 Å². The van der Waals surface area contributed by atoms with E-state index in [0.29, 0.717) is 0 Å². The molecule has 4 nitrogen and oxygen atoms in total. The predicted molar refractivity (Wildman–Crippen MR) is 76.8 cm³/mol. The fraction of sp³-hybridized carbons (Fsp3) is 0.636. The third-order valence-electron chi connectivity index (χ3n) is 2.94. The smallest absolute Gasteiger partial charge is 0.247 e. The van der Waals surface area contributed by atoms with Crippen molar-refractivity contribution in [2.75, 3.05) is 20.6 Å². The lowest BCUT2D eigenvalue weighted by atomic mass is 10.0. The van der Waals surface area contributed by atoms with Gasteiger partial charge >= 0.3 is 0 Å². The molecule has 0 saturated carbocycles. The molecule has 0 aromatic carbocycles. The van der Waals surface area contributed by atoms with E-state index in [0.717, 1.165) is 29.2 Å². The zero-order valence-electron chi connectivity index (χ0n) is 10.8. The number of nitrogens with two attached hydrogens (primary N) is 1. The van der Waals surface area contributed by atoms with Crippen LogP contribution in [0.15, 0.2) is 14.5 Å². The van der Waals surface area contributed by atoms with Crippen molar-refractivity contribution in [2.45, 2.75) is 32.9 Å². The SMILES string of the molecule is CN(C)CC1(C)CCc2cc(S(N)(=O)=O)sc2S1. The Bertz CT molecular complexity index is 551. The van der Waals surface area contributed by atoms with Crippen LogP contribution >= 0.6 is 23.1 Å². The maximum atomic E-state index is 11.4. The Morgan fingerprint density at radius 3 is 2.72 bits per heavy atom. The first-order chi connectivity index (χ1) is 8.20. The molecule has 1 aliphatic heterocycles. The highest BCUT2D eigenvalue weighted by Crippen LogP contribution is 2.47. The van der Waals surface area contributed by atoms with Gasteiger partial charge in [-0.25, -0.2) is 13.6 Å². The van der Waals surface area contributed by atoms with E-state index in [2.05, 4.69) is 25.9 Å². The predicted octanol–water partition coefficient (Wildman–Crippen LogP) is 1.75. The molecule has 102 valence electrons. The molecule has 0 spiro atoms. The van der Waals surface area contributed by atoms with Crippen LogP contribution in [0.3, 0.4) is 0 Å². The number of primary sulfonamides is 1. The summed E-state index contributed by atoms with van der Waals surface area (Å²) in [4.78, 5) is 2.17. The van der Waals surface area contributed by atoms with Crippen molar-refractivity contribution in [2.24, 2.45) is 5.14 Å². The number of thioether (sulfide) groups is 1. The van der Waals surface area contributed by atoms with Gasteiger partial charge in [-0.1, -0.05) is 0 Å². The summed E-state index contributed by atoms with van der Waals surface area (Å²) in [6.45, 7) is 3.22. The van der Waals surface area contributed by atoms with Crippen LogP contribution in [0.2, 0.25) is 0 Å². The van der Waals surface area contributed by atoms with Crippen LogP contribution < -0.4 is 5.14 Å². The van der Waals surface area contributed by atoms with Crippen LogP contribution in [0.25, 0.3) is 0 Å². The van der Waals surface area contributed by atoms with E-state index in [1.165, 1.54) is 11.3 Å². The maximum absolute atomic E-state index is 11.4. The minimum Gasteiger partial charge on any atom is -0.308 e. The Kier molecular flexibility index (Phi) is 3.81. The minimum atomic E-state index is -3.56. The fourth-order valence-electron chi connectivity index (χ4n) is 2.24. The molecular weight excluding hydrogens is 288 g/mol. The van der Waals surface area contributed by atoms with Gasteiger partial charge in [0.15, 0.2) is 0 Å². The molecule has 0 saturated heterocycles. The molecule has 1 aromatic rings. The van der Waals surface area contributed by atoms with Crippen molar-refractivity contribution in [1.29, 1.82) is 0 Å². The molecule has 1 aliphatic rings. The van der Waals surface area contributed by atoms with Gasteiger partial charge in [-0.2, -0.15) is 0 Å². The molecule has 0 amide bonds. The molecule has 1 unspecified atom stereocenters. The molecule has 2 rings (SSSR count). The molecule has 0 fully saturated rings. The monoisotopic (exact) mass is 306 g/mol. The number of nitrogens with zero attached hydrogens (tertiary/aromatic N) is 1. The number of aryl methyl sites for hydroxylation is 1. The highest BCUT2D eigenvalue weighted by Gasteiger charge is 2.33. The van der Waals surface area contributed by atoms with Gasteiger partial charge in [0.1, 0.15) is 4.21 Å². The maximum Gasteiger partial charge on any atom is 0.247 e. The second-order valence-corrected chi connectivity index (χ2v) is 9.91. The van der Waals surface area contributed by atoms with Gasteiger partial charge in [0.05, 0.1) is 4.21 Å². The second kappa shape index (κ2) is 4.79. The van der Waals surface area contributed by atoms with Gasteiger partial charge in [0, 0.05) is 11.3 Å². The largest absolute Gasteiger partial charge is 0.308 e. The van der Waals surface area contributed by atoms with Gasteiger partial charge in [-0.05, 0) is 45.5 Å². The van der Waals surface area contributed by atoms with E-state index in [4.69, 9.17) is 5.14 Å². The first-order valence-electron chi connectivity index (χ1n) is 5.69. The number of hydrogen-bond donors (Lipinski definition) is 1. The van der Waals surface area contributed by atoms with Crippen LogP contribution in [0.1, 0.15) is 18.9 Å². The summed E-state index contributed by atoms with van der Waals surface area (Å²) in [5, 5.41) is 5.18. The number of fused-ring (bicyclic) bond motifs is 1. The Morgan fingerprint density at radius 1 is 1.50 bits per heavy atom. The van der Waals surface area contributed by atoms with E-state index in [-0.39, 0.29) is 8.96 Å². The first kappa shape index (κ1) is 14.3. The molecule has 7 heteroatoms. The zero-order chi connectivity index (χ0) is 13.6. The molecule has 2 heterocycles. The van der Waals surface area contributed by atoms with Crippen LogP contribution in [0.5, 0.6) is 0 Å². The standard InChI is InChI=1S/C11H18N2O2S3/c1-11(7-13(2)3)5-4-8-6-9(18(12,14)15)16-10(8)17-11/h6H,4-5,7H2,1-3H3,(H2,12,14,15). The van der Waals surface area contributed by atoms with Crippen molar-refractivity contribution < 1.29 is 8.42 Å². The van der Waals surface area contributed by atoms with E-state index >= 15 is 0 Å². The van der Waals surface area contributed by atoms with Crippen molar-refractivity contribution in [3.05, 3.63) is 11.6 Å². The summed E-state index contributed by atoms with van der Waals surface area (Å²) in [7, 11) is 0.560. The first-order valence-corrected chi connectivity index (χ1v) is 8.87. The van der Waals surface area contributed by atoms with Gasteiger partial charge in [-0.15, -0.1) is 23.1 Å². The average molecular weight is 306 g/mol. The summed E-state index contributed by atoms with van der Waals surface area (Å²) < 4.78 is 24.3. The van der Waals surface area contributed by atoms with Crippen molar-refractivity contribution in [3.63, 3.8) is 0 Å². The Labute approximate surface area is 117 Å². The molecule has 0 bridgehead atoms. The Balaban J connectivity index is 2.27. The normalized spacial score (nSPS) is 24.3. The van der Waals surface area contributed by atoms with E-state index in [9.17, 15) is 8.42 Å². The van der Waals surface area contributed by atoms with Crippen LogP contribution in [0, 0.1) is 0 Å². The topological polar surface area (TPSA) is 63.4 Å². The zero-order valence-corrected chi connectivity index (χ0v) is 13.2. The summed E-state index contributed by atoms with van der Waals surface area (Å²) in [5.41, 5.74) is 1.13. The molecule has 18 heavy (non-hydrogen) atoms. The third kappa shape index (κ3) is 3.08. The summed E-state index contributed by atoms with van der Waals surface area (Å²) in [6.07, 6.45) is 1.99. The molecular formula is C11H18N2O2S3. The average Bonchev–Trinajstić information content (AvgIpc) is 2.57. The lowest BCUT2D eigenvalue weighted by molar-refractivity contribution is 0.349. The molecule has 0 radical (unpaired) electrons. The molecule has 2 N–H and O–H groups in total. The molecule has 0 aliphatic carbocycles. The van der Waals surface area contributed by atoms with Crippen molar-refractivity contribution in [3.8, 4) is 0 Å². The van der Waals surface area contributed by atoms with Gasteiger partial charge in [0.25, 0.3) is 0 Å². The van der Waals surface area contributed by atoms with Crippen LogP contribution in [0.4, 0.5) is 0 Å². The van der Waals surface area contributed by atoms with Crippen LogP contribution in [-0.4, -0.2) is 38.7 Å². The number of hydrogen-bond acceptors (Lipinski definition) is 5. The highest BCUT2D eigenvalue weighted by atomic mass is 32.3.